The molecular formula is C12H14N2O7. The van der Waals surface area contributed by atoms with E-state index in [0.717, 1.165) is 5.56 Å². The van der Waals surface area contributed by atoms with Crippen molar-refractivity contribution in [2.24, 2.45) is 0 Å². The molecule has 9 heteroatoms. The number of benzene rings is 1. The molecule has 0 saturated heterocycles. The van der Waals surface area contributed by atoms with Gasteiger partial charge in [0.1, 0.15) is 18.4 Å². The van der Waals surface area contributed by atoms with Gasteiger partial charge in [0.15, 0.2) is 0 Å². The number of rotatable bonds is 7. The highest BCUT2D eigenvalue weighted by Gasteiger charge is 2.15. The summed E-state index contributed by atoms with van der Waals surface area (Å²) < 4.78 is 4.88. The zero-order chi connectivity index (χ0) is 15.8. The summed E-state index contributed by atoms with van der Waals surface area (Å²) in [6.45, 7) is 1.24. The van der Waals surface area contributed by atoms with E-state index in [1.807, 2.05) is 0 Å². The standard InChI is InChI=1S/C12H14N2O7/c1-8(11(15)16)13-12(17)21-10-4-2-9(3-5-10)6-7-20-14(18)19/h2-5,8H,6-7H2,1H3,(H,13,17)(H,15,16). The lowest BCUT2D eigenvalue weighted by atomic mass is 10.1. The van der Waals surface area contributed by atoms with Gasteiger partial charge in [0, 0.05) is 0 Å². The minimum atomic E-state index is -1.17. The molecule has 0 fully saturated rings. The van der Waals surface area contributed by atoms with Gasteiger partial charge in [0.05, 0.1) is 0 Å². The molecule has 1 unspecified atom stereocenters. The molecule has 0 spiro atoms. The van der Waals surface area contributed by atoms with Crippen LogP contribution in [-0.4, -0.2) is 34.9 Å². The van der Waals surface area contributed by atoms with Crippen molar-refractivity contribution in [3.05, 3.63) is 39.9 Å². The largest absolute Gasteiger partial charge is 0.480 e. The first-order chi connectivity index (χ1) is 9.88. The van der Waals surface area contributed by atoms with Crippen LogP contribution in [-0.2, 0) is 16.1 Å². The van der Waals surface area contributed by atoms with Crippen LogP contribution in [0.1, 0.15) is 12.5 Å². The number of ether oxygens (including phenoxy) is 1. The fraction of sp³-hybridized carbons (Fsp3) is 0.333. The van der Waals surface area contributed by atoms with Gasteiger partial charge in [-0.2, -0.15) is 0 Å². The Balaban J connectivity index is 2.45. The van der Waals surface area contributed by atoms with Gasteiger partial charge in [-0.3, -0.25) is 4.79 Å². The van der Waals surface area contributed by atoms with Crippen molar-refractivity contribution >= 4 is 12.1 Å². The normalized spacial score (nSPS) is 11.3. The SMILES string of the molecule is CC(NC(=O)Oc1ccc(CCO[N+](=O)[O-])cc1)C(=O)O. The monoisotopic (exact) mass is 298 g/mol. The Hall–Kier alpha value is -2.84. The molecule has 1 atom stereocenters. The Kier molecular flexibility index (Phi) is 5.93. The summed E-state index contributed by atoms with van der Waals surface area (Å²) in [7, 11) is 0. The van der Waals surface area contributed by atoms with Crippen LogP contribution in [0.4, 0.5) is 4.79 Å². The van der Waals surface area contributed by atoms with Gasteiger partial charge in [-0.25, -0.2) is 4.79 Å². The third-order valence-electron chi connectivity index (χ3n) is 2.43. The molecule has 1 aromatic carbocycles. The fourth-order valence-electron chi connectivity index (χ4n) is 1.34. The second kappa shape index (κ2) is 7.68. The molecule has 0 aromatic heterocycles. The minimum absolute atomic E-state index is 0.0657. The summed E-state index contributed by atoms with van der Waals surface area (Å²) in [5.74, 6) is -0.947. The van der Waals surface area contributed by atoms with Gasteiger partial charge in [0.2, 0.25) is 0 Å². The molecule has 0 aliphatic rings. The summed E-state index contributed by atoms with van der Waals surface area (Å²) >= 11 is 0. The lowest BCUT2D eigenvalue weighted by Crippen LogP contribution is -2.39. The summed E-state index contributed by atoms with van der Waals surface area (Å²) in [6, 6.07) is 5.16. The average molecular weight is 298 g/mol. The number of nitrogens with zero attached hydrogens (tertiary/aromatic N) is 1. The smallest absolute Gasteiger partial charge is 0.413 e. The number of aliphatic carboxylic acids is 1. The zero-order valence-corrected chi connectivity index (χ0v) is 11.1. The number of carboxylic acids is 1. The number of hydrogen-bond acceptors (Lipinski definition) is 6. The molecule has 21 heavy (non-hydrogen) atoms. The molecule has 0 aliphatic heterocycles. The van der Waals surface area contributed by atoms with Crippen LogP contribution < -0.4 is 10.1 Å². The van der Waals surface area contributed by atoms with Gasteiger partial charge in [0.25, 0.3) is 5.09 Å². The number of carbonyl (C=O) groups is 2. The van der Waals surface area contributed by atoms with E-state index in [-0.39, 0.29) is 12.4 Å². The van der Waals surface area contributed by atoms with Gasteiger partial charge in [-0.15, -0.1) is 10.1 Å². The van der Waals surface area contributed by atoms with E-state index in [1.165, 1.54) is 19.1 Å². The Morgan fingerprint density at radius 2 is 2.00 bits per heavy atom. The molecule has 0 aliphatic carbocycles. The van der Waals surface area contributed by atoms with Gasteiger partial charge < -0.3 is 20.0 Å². The molecule has 9 nitrogen and oxygen atoms in total. The van der Waals surface area contributed by atoms with Crippen LogP contribution in [0.3, 0.4) is 0 Å². The van der Waals surface area contributed by atoms with Gasteiger partial charge >= 0.3 is 12.1 Å². The molecule has 2 N–H and O–H groups in total. The number of hydrogen-bond donors (Lipinski definition) is 2. The Bertz CT molecular complexity index is 515. The van der Waals surface area contributed by atoms with Crippen molar-refractivity contribution in [1.82, 2.24) is 5.32 Å². The lowest BCUT2D eigenvalue weighted by Gasteiger charge is -2.10. The van der Waals surface area contributed by atoms with Crippen molar-refractivity contribution in [1.29, 1.82) is 0 Å². The highest BCUT2D eigenvalue weighted by atomic mass is 16.9. The maximum absolute atomic E-state index is 11.4. The Labute approximate surface area is 119 Å². The summed E-state index contributed by atoms with van der Waals surface area (Å²) in [5, 5.41) is 19.9. The first-order valence-electron chi connectivity index (χ1n) is 5.96. The average Bonchev–Trinajstić information content (AvgIpc) is 2.40. The maximum Gasteiger partial charge on any atom is 0.413 e. The zero-order valence-electron chi connectivity index (χ0n) is 11.1. The predicted molar refractivity (Wildman–Crippen MR) is 69.3 cm³/mol. The van der Waals surface area contributed by atoms with E-state index in [0.29, 0.717) is 6.42 Å². The Morgan fingerprint density at radius 1 is 1.38 bits per heavy atom. The lowest BCUT2D eigenvalue weighted by molar-refractivity contribution is -0.757. The van der Waals surface area contributed by atoms with Gasteiger partial charge in [-0.1, -0.05) is 12.1 Å². The maximum atomic E-state index is 11.4. The van der Waals surface area contributed by atoms with Crippen molar-refractivity contribution in [2.45, 2.75) is 19.4 Å². The van der Waals surface area contributed by atoms with Crippen molar-refractivity contribution < 1.29 is 29.4 Å². The fourth-order valence-corrected chi connectivity index (χ4v) is 1.34. The number of carbonyl (C=O) groups excluding carboxylic acids is 1. The molecule has 0 radical (unpaired) electrons. The third-order valence-corrected chi connectivity index (χ3v) is 2.43. The number of amides is 1. The third kappa shape index (κ3) is 6.23. The summed E-state index contributed by atoms with van der Waals surface area (Å²) in [5.41, 5.74) is 0.767. The van der Waals surface area contributed by atoms with Crippen LogP contribution in [0.25, 0.3) is 0 Å². The summed E-state index contributed by atoms with van der Waals surface area (Å²) in [4.78, 5) is 36.1. The molecule has 1 aromatic rings. The van der Waals surface area contributed by atoms with Crippen molar-refractivity contribution in [3.63, 3.8) is 0 Å². The summed E-state index contributed by atoms with van der Waals surface area (Å²) in [6.07, 6.45) is -0.543. The van der Waals surface area contributed by atoms with E-state index in [1.54, 1.807) is 12.1 Å². The first-order valence-corrected chi connectivity index (χ1v) is 5.96. The van der Waals surface area contributed by atoms with E-state index >= 15 is 0 Å². The highest BCUT2D eigenvalue weighted by Crippen LogP contribution is 2.13. The van der Waals surface area contributed by atoms with E-state index in [4.69, 9.17) is 9.84 Å². The molecule has 0 saturated carbocycles. The Morgan fingerprint density at radius 3 is 2.52 bits per heavy atom. The van der Waals surface area contributed by atoms with Crippen molar-refractivity contribution in [3.8, 4) is 5.75 Å². The molecule has 1 amide bonds. The molecular weight excluding hydrogens is 284 g/mol. The van der Waals surface area contributed by atoms with Gasteiger partial charge in [-0.05, 0) is 31.0 Å². The van der Waals surface area contributed by atoms with E-state index < -0.39 is 23.2 Å². The van der Waals surface area contributed by atoms with E-state index in [2.05, 4.69) is 10.2 Å². The molecule has 0 heterocycles. The van der Waals surface area contributed by atoms with Crippen LogP contribution in [0.15, 0.2) is 24.3 Å². The second-order valence-electron chi connectivity index (χ2n) is 4.04. The minimum Gasteiger partial charge on any atom is -0.480 e. The topological polar surface area (TPSA) is 128 Å². The molecule has 114 valence electrons. The van der Waals surface area contributed by atoms with Crippen LogP contribution in [0, 0.1) is 10.1 Å². The molecule has 0 bridgehead atoms. The van der Waals surface area contributed by atoms with Crippen LogP contribution in [0.5, 0.6) is 5.75 Å². The van der Waals surface area contributed by atoms with E-state index in [9.17, 15) is 19.7 Å². The highest BCUT2D eigenvalue weighted by molar-refractivity contribution is 5.80. The number of nitrogens with one attached hydrogen (secondary N) is 1. The first kappa shape index (κ1) is 16.2. The predicted octanol–water partition coefficient (Wildman–Crippen LogP) is 0.999. The molecule has 1 rings (SSSR count). The quantitative estimate of drug-likeness (QED) is 0.567. The van der Waals surface area contributed by atoms with Crippen LogP contribution >= 0.6 is 0 Å². The number of carboxylic acid groups (broad SMARTS) is 1. The second-order valence-corrected chi connectivity index (χ2v) is 4.04. The van der Waals surface area contributed by atoms with Crippen LogP contribution in [0.2, 0.25) is 0 Å². The van der Waals surface area contributed by atoms with Crippen molar-refractivity contribution in [2.75, 3.05) is 6.61 Å².